The summed E-state index contributed by atoms with van der Waals surface area (Å²) in [4.78, 5) is 29.2. The first-order valence-electron chi connectivity index (χ1n) is 11.9. The van der Waals surface area contributed by atoms with E-state index in [2.05, 4.69) is 47.5 Å². The molecule has 1 fully saturated rings. The Kier molecular flexibility index (Phi) is 6.42. The van der Waals surface area contributed by atoms with Gasteiger partial charge in [0.15, 0.2) is 5.82 Å². The lowest BCUT2D eigenvalue weighted by Gasteiger charge is -2.35. The number of carbonyl (C=O) groups excluding carboxylic acids is 1. The number of benzene rings is 1. The molecule has 1 atom stereocenters. The second-order valence-corrected chi connectivity index (χ2v) is 9.25. The number of H-pyrrole nitrogens is 1. The van der Waals surface area contributed by atoms with Crippen molar-refractivity contribution in [3.63, 3.8) is 0 Å². The van der Waals surface area contributed by atoms with Gasteiger partial charge < -0.3 is 20.5 Å². The predicted octanol–water partition coefficient (Wildman–Crippen LogP) is 3.12. The van der Waals surface area contributed by atoms with Crippen molar-refractivity contribution in [1.82, 2.24) is 34.5 Å². The monoisotopic (exact) mass is 491 g/mol. The number of piperazine rings is 1. The molecule has 0 radical (unpaired) electrons. The standard InChI is InChI=1S/C25H30FN9O/c1-15-21(14-34(4)32-15)30-25-28-13-19(26)22(31-25)18-12-27-23-17(18)6-5-7-20(23)29-24(36)16(2)35-10-8-33(3)9-11-35/h5-7,12-14,16,27H,8-11H2,1-4H3,(H,29,36)(H,28,30,31)/t16-/m1/s1. The zero-order valence-corrected chi connectivity index (χ0v) is 20.8. The van der Waals surface area contributed by atoms with Crippen molar-refractivity contribution in [2.45, 2.75) is 19.9 Å². The number of nitrogens with one attached hydrogen (secondary N) is 3. The highest BCUT2D eigenvalue weighted by Gasteiger charge is 2.25. The topological polar surface area (TPSA) is 107 Å². The normalized spacial score (nSPS) is 15.8. The van der Waals surface area contributed by atoms with Crippen LogP contribution < -0.4 is 10.6 Å². The van der Waals surface area contributed by atoms with Crippen molar-refractivity contribution in [2.24, 2.45) is 7.05 Å². The van der Waals surface area contributed by atoms with Gasteiger partial charge in [0.2, 0.25) is 11.9 Å². The largest absolute Gasteiger partial charge is 0.359 e. The van der Waals surface area contributed by atoms with Gasteiger partial charge in [-0.15, -0.1) is 0 Å². The molecule has 0 bridgehead atoms. The molecule has 3 N–H and O–H groups in total. The number of hydrogen-bond acceptors (Lipinski definition) is 7. The van der Waals surface area contributed by atoms with Gasteiger partial charge in [-0.2, -0.15) is 5.10 Å². The molecule has 0 unspecified atom stereocenters. The minimum absolute atomic E-state index is 0.0743. The first kappa shape index (κ1) is 23.9. The first-order valence-corrected chi connectivity index (χ1v) is 11.9. The van der Waals surface area contributed by atoms with Gasteiger partial charge in [-0.1, -0.05) is 12.1 Å². The Morgan fingerprint density at radius 1 is 1.17 bits per heavy atom. The number of hydrogen-bond donors (Lipinski definition) is 3. The number of carbonyl (C=O) groups is 1. The Hall–Kier alpha value is -3.83. The highest BCUT2D eigenvalue weighted by Crippen LogP contribution is 2.33. The van der Waals surface area contributed by atoms with Crippen LogP contribution in [0.25, 0.3) is 22.2 Å². The van der Waals surface area contributed by atoms with E-state index in [4.69, 9.17) is 0 Å². The van der Waals surface area contributed by atoms with E-state index in [1.807, 2.05) is 45.3 Å². The van der Waals surface area contributed by atoms with E-state index in [0.29, 0.717) is 16.8 Å². The summed E-state index contributed by atoms with van der Waals surface area (Å²) < 4.78 is 16.6. The fourth-order valence-corrected chi connectivity index (χ4v) is 4.53. The van der Waals surface area contributed by atoms with Crippen molar-refractivity contribution in [1.29, 1.82) is 0 Å². The highest BCUT2D eigenvalue weighted by atomic mass is 19.1. The van der Waals surface area contributed by atoms with Crippen LogP contribution in [0.15, 0.2) is 36.8 Å². The smallest absolute Gasteiger partial charge is 0.241 e. The van der Waals surface area contributed by atoms with Crippen LogP contribution in [-0.4, -0.2) is 79.7 Å². The van der Waals surface area contributed by atoms with Crippen LogP contribution >= 0.6 is 0 Å². The maximum Gasteiger partial charge on any atom is 0.241 e. The van der Waals surface area contributed by atoms with Gasteiger partial charge in [0.1, 0.15) is 5.69 Å². The lowest BCUT2D eigenvalue weighted by molar-refractivity contribution is -0.121. The minimum Gasteiger partial charge on any atom is -0.359 e. The second-order valence-electron chi connectivity index (χ2n) is 9.25. The molecule has 0 saturated carbocycles. The number of para-hydroxylation sites is 1. The molecule has 0 aliphatic carbocycles. The number of aromatic nitrogens is 5. The molecule has 36 heavy (non-hydrogen) atoms. The second kappa shape index (κ2) is 9.67. The third kappa shape index (κ3) is 4.67. The molecular formula is C25H30FN9O. The van der Waals surface area contributed by atoms with Gasteiger partial charge in [-0.25, -0.2) is 14.4 Å². The SMILES string of the molecule is Cc1nn(C)cc1Nc1ncc(F)c(-c2c[nH]c3c(NC(=O)[C@@H](C)N4CCN(C)CC4)cccc23)n1. The van der Waals surface area contributed by atoms with Crippen LogP contribution in [0.4, 0.5) is 21.7 Å². The Labute approximate surface area is 208 Å². The Bertz CT molecular complexity index is 1400. The number of aromatic amines is 1. The minimum atomic E-state index is -0.539. The lowest BCUT2D eigenvalue weighted by atomic mass is 10.1. The lowest BCUT2D eigenvalue weighted by Crippen LogP contribution is -2.51. The average Bonchev–Trinajstić information content (AvgIpc) is 3.43. The van der Waals surface area contributed by atoms with Crippen LogP contribution in [0.5, 0.6) is 0 Å². The third-order valence-electron chi connectivity index (χ3n) is 6.70. The third-order valence-corrected chi connectivity index (χ3v) is 6.70. The van der Waals surface area contributed by atoms with E-state index in [9.17, 15) is 9.18 Å². The molecule has 10 nitrogen and oxygen atoms in total. The van der Waals surface area contributed by atoms with Crippen LogP contribution in [0.1, 0.15) is 12.6 Å². The summed E-state index contributed by atoms with van der Waals surface area (Å²) in [5.74, 6) is -0.348. The molecule has 11 heteroatoms. The number of rotatable bonds is 6. The van der Waals surface area contributed by atoms with E-state index in [0.717, 1.165) is 49.1 Å². The van der Waals surface area contributed by atoms with Gasteiger partial charge in [0.05, 0.1) is 34.8 Å². The zero-order chi connectivity index (χ0) is 25.4. The van der Waals surface area contributed by atoms with E-state index >= 15 is 0 Å². The summed E-state index contributed by atoms with van der Waals surface area (Å²) in [5, 5.41) is 11.2. The Balaban J connectivity index is 1.40. The summed E-state index contributed by atoms with van der Waals surface area (Å²) in [6.45, 7) is 7.38. The quantitative estimate of drug-likeness (QED) is 0.380. The van der Waals surface area contributed by atoms with Gasteiger partial charge in [-0.05, 0) is 27.0 Å². The van der Waals surface area contributed by atoms with Gasteiger partial charge >= 0.3 is 0 Å². The molecular weight excluding hydrogens is 461 g/mol. The molecule has 5 rings (SSSR count). The molecule has 188 valence electrons. The Morgan fingerprint density at radius 3 is 2.67 bits per heavy atom. The number of halogens is 1. The predicted molar refractivity (Wildman–Crippen MR) is 138 cm³/mol. The molecule has 1 aromatic carbocycles. The molecule has 4 aromatic rings. The van der Waals surface area contributed by atoms with Crippen molar-refractivity contribution in [3.8, 4) is 11.3 Å². The molecule has 0 spiro atoms. The molecule has 3 aromatic heterocycles. The number of likely N-dealkylation sites (N-methyl/N-ethyl adjacent to an activating group) is 1. The molecule has 1 aliphatic heterocycles. The van der Waals surface area contributed by atoms with Crippen LogP contribution in [0.2, 0.25) is 0 Å². The van der Waals surface area contributed by atoms with Crippen LogP contribution in [0, 0.1) is 12.7 Å². The number of nitrogens with zero attached hydrogens (tertiary/aromatic N) is 6. The average molecular weight is 492 g/mol. The van der Waals surface area contributed by atoms with Crippen LogP contribution in [0.3, 0.4) is 0 Å². The Morgan fingerprint density at radius 2 is 1.94 bits per heavy atom. The van der Waals surface area contributed by atoms with E-state index in [-0.39, 0.29) is 23.6 Å². The van der Waals surface area contributed by atoms with Crippen molar-refractivity contribution in [2.75, 3.05) is 43.9 Å². The molecule has 1 aliphatic rings. The van der Waals surface area contributed by atoms with Gasteiger partial charge in [0.25, 0.3) is 0 Å². The summed E-state index contributed by atoms with van der Waals surface area (Å²) >= 11 is 0. The highest BCUT2D eigenvalue weighted by molar-refractivity contribution is 6.06. The first-order chi connectivity index (χ1) is 17.3. The maximum atomic E-state index is 14.9. The summed E-state index contributed by atoms with van der Waals surface area (Å²) in [5.41, 5.74) is 3.62. The molecule has 1 saturated heterocycles. The van der Waals surface area contributed by atoms with Crippen molar-refractivity contribution < 1.29 is 9.18 Å². The fourth-order valence-electron chi connectivity index (χ4n) is 4.53. The van der Waals surface area contributed by atoms with Crippen molar-refractivity contribution >= 4 is 34.1 Å². The van der Waals surface area contributed by atoms with Crippen LogP contribution in [-0.2, 0) is 11.8 Å². The fraction of sp³-hybridized carbons (Fsp3) is 0.360. The summed E-state index contributed by atoms with van der Waals surface area (Å²) in [6.07, 6.45) is 4.67. The number of amides is 1. The summed E-state index contributed by atoms with van der Waals surface area (Å²) in [6, 6.07) is 5.30. The van der Waals surface area contributed by atoms with E-state index in [1.54, 1.807) is 10.9 Å². The van der Waals surface area contributed by atoms with Gasteiger partial charge in [0, 0.05) is 56.6 Å². The molecule has 4 heterocycles. The maximum absolute atomic E-state index is 14.9. The molecule has 1 amide bonds. The summed E-state index contributed by atoms with van der Waals surface area (Å²) in [7, 11) is 3.91. The number of anilines is 3. The van der Waals surface area contributed by atoms with Gasteiger partial charge in [-0.3, -0.25) is 14.4 Å². The number of fused-ring (bicyclic) bond motifs is 1. The number of aryl methyl sites for hydroxylation is 2. The van der Waals surface area contributed by atoms with Crippen molar-refractivity contribution in [3.05, 3.63) is 48.3 Å². The van der Waals surface area contributed by atoms with E-state index < -0.39 is 5.82 Å². The van der Waals surface area contributed by atoms with E-state index in [1.165, 1.54) is 0 Å². The zero-order valence-electron chi connectivity index (χ0n) is 20.8.